The maximum atomic E-state index is 12.0. The molecule has 0 aromatic rings. The molecular formula is C14H23NO3S. The molecule has 1 saturated heterocycles. The van der Waals surface area contributed by atoms with Gasteiger partial charge in [0.05, 0.1) is 5.25 Å². The number of hydrogen-bond donors (Lipinski definition) is 0. The van der Waals surface area contributed by atoms with Crippen LogP contribution in [0.15, 0.2) is 0 Å². The van der Waals surface area contributed by atoms with Crippen molar-refractivity contribution in [3.05, 3.63) is 0 Å². The zero-order chi connectivity index (χ0) is 14.0. The zero-order valence-corrected chi connectivity index (χ0v) is 11.4. The molecule has 0 radical (unpaired) electrons. The van der Waals surface area contributed by atoms with Crippen molar-refractivity contribution in [1.29, 1.82) is 0 Å². The van der Waals surface area contributed by atoms with Gasteiger partial charge in [-0.1, -0.05) is 7.43 Å². The van der Waals surface area contributed by atoms with Gasteiger partial charge >= 0.3 is 0 Å². The van der Waals surface area contributed by atoms with Crippen LogP contribution in [0.3, 0.4) is 0 Å². The highest BCUT2D eigenvalue weighted by Crippen LogP contribution is 2.30. The molecule has 1 aliphatic carbocycles. The standard InChI is InChI=1S/C13H19NO3S.CH4/c1-18-11-6-12(16)14(13(11)17)7-9-2-4-10(8-15)5-3-9;/h8-11H,2-7H2,1H3;1H4/i8D;. The van der Waals surface area contributed by atoms with Gasteiger partial charge < -0.3 is 4.79 Å². The number of hydrogen-bond acceptors (Lipinski definition) is 4. The highest BCUT2D eigenvalue weighted by Gasteiger charge is 2.39. The van der Waals surface area contributed by atoms with Gasteiger partial charge in [0.25, 0.3) is 0 Å². The molecule has 0 N–H and O–H groups in total. The van der Waals surface area contributed by atoms with Gasteiger partial charge in [0.1, 0.15) is 7.63 Å². The Kier molecular flexibility index (Phi) is 5.43. The largest absolute Gasteiger partial charge is 0.303 e. The van der Waals surface area contributed by atoms with Crippen molar-refractivity contribution in [2.45, 2.75) is 44.8 Å². The molecule has 4 nitrogen and oxygen atoms in total. The van der Waals surface area contributed by atoms with Crippen LogP contribution < -0.4 is 0 Å². The molecule has 1 atom stereocenters. The first-order valence-corrected chi connectivity index (χ1v) is 7.69. The smallest absolute Gasteiger partial charge is 0.242 e. The molecule has 2 rings (SSSR count). The Morgan fingerprint density at radius 1 is 1.37 bits per heavy atom. The van der Waals surface area contributed by atoms with Gasteiger partial charge in [0, 0.05) is 18.9 Å². The van der Waals surface area contributed by atoms with E-state index in [9.17, 15) is 14.4 Å². The van der Waals surface area contributed by atoms with Crippen LogP contribution in [0.2, 0.25) is 0 Å². The van der Waals surface area contributed by atoms with E-state index in [2.05, 4.69) is 0 Å². The third kappa shape index (κ3) is 3.59. The zero-order valence-electron chi connectivity index (χ0n) is 11.6. The quantitative estimate of drug-likeness (QED) is 0.587. The first kappa shape index (κ1) is 14.6. The number of aldehydes is 1. The van der Waals surface area contributed by atoms with Crippen molar-refractivity contribution >= 4 is 29.8 Å². The molecule has 0 bridgehead atoms. The Labute approximate surface area is 120 Å². The second kappa shape index (κ2) is 7.08. The summed E-state index contributed by atoms with van der Waals surface area (Å²) in [6, 6.07) is 0. The molecule has 19 heavy (non-hydrogen) atoms. The van der Waals surface area contributed by atoms with Crippen molar-refractivity contribution in [3.63, 3.8) is 0 Å². The molecule has 2 amide bonds. The van der Waals surface area contributed by atoms with Gasteiger partial charge in [-0.3, -0.25) is 14.5 Å². The number of carbonyl (C=O) groups is 3. The van der Waals surface area contributed by atoms with Gasteiger partial charge in [-0.05, 0) is 37.9 Å². The average molecular weight is 286 g/mol. The lowest BCUT2D eigenvalue weighted by atomic mass is 9.82. The van der Waals surface area contributed by atoms with Crippen molar-refractivity contribution in [1.82, 2.24) is 4.90 Å². The van der Waals surface area contributed by atoms with E-state index in [1.165, 1.54) is 16.7 Å². The highest BCUT2D eigenvalue weighted by atomic mass is 32.2. The minimum absolute atomic E-state index is 0. The monoisotopic (exact) mass is 286 g/mol. The molecule has 0 aromatic carbocycles. The predicted molar refractivity (Wildman–Crippen MR) is 76.9 cm³/mol. The van der Waals surface area contributed by atoms with Gasteiger partial charge in [-0.25, -0.2) is 0 Å². The predicted octanol–water partition coefficient (Wildman–Crippen LogP) is 2.12. The maximum Gasteiger partial charge on any atom is 0.242 e. The number of carbonyl (C=O) groups excluding carboxylic acids is 3. The van der Waals surface area contributed by atoms with E-state index < -0.39 is 6.26 Å². The van der Waals surface area contributed by atoms with Gasteiger partial charge in [-0.15, -0.1) is 0 Å². The van der Waals surface area contributed by atoms with E-state index in [-0.39, 0.29) is 30.4 Å². The van der Waals surface area contributed by atoms with Gasteiger partial charge in [0.2, 0.25) is 11.8 Å². The fraction of sp³-hybridized carbons (Fsp3) is 0.786. The number of thioether (sulfide) groups is 1. The molecule has 2 fully saturated rings. The highest BCUT2D eigenvalue weighted by molar-refractivity contribution is 8.00. The molecule has 1 heterocycles. The summed E-state index contributed by atoms with van der Waals surface area (Å²) >= 11 is 1.43. The summed E-state index contributed by atoms with van der Waals surface area (Å²) in [5.74, 6) is 0.0310. The number of amides is 2. The molecular weight excluding hydrogens is 262 g/mol. The van der Waals surface area contributed by atoms with Crippen LogP contribution in [0.1, 0.15) is 40.9 Å². The third-order valence-electron chi connectivity index (χ3n) is 3.94. The molecule has 1 saturated carbocycles. The van der Waals surface area contributed by atoms with E-state index in [0.717, 1.165) is 25.7 Å². The molecule has 0 aromatic heterocycles. The topological polar surface area (TPSA) is 54.5 Å². The summed E-state index contributed by atoms with van der Waals surface area (Å²) in [6.45, 7) is 0.494. The molecule has 5 heteroatoms. The van der Waals surface area contributed by atoms with Crippen LogP contribution in [0.25, 0.3) is 0 Å². The summed E-state index contributed by atoms with van der Waals surface area (Å²) in [6.07, 6.45) is 4.79. The van der Waals surface area contributed by atoms with Gasteiger partial charge in [0.15, 0.2) is 0 Å². The van der Waals surface area contributed by atoms with E-state index in [0.29, 0.717) is 18.9 Å². The van der Waals surface area contributed by atoms with E-state index in [1.54, 1.807) is 0 Å². The second-order valence-electron chi connectivity index (χ2n) is 5.11. The molecule has 1 unspecified atom stereocenters. The Balaban J connectivity index is 0.00000200. The molecule has 1 aliphatic heterocycles. The Hall–Kier alpha value is -0.840. The van der Waals surface area contributed by atoms with Crippen molar-refractivity contribution < 1.29 is 15.8 Å². The molecule has 2 aliphatic rings. The Bertz CT molecular complexity index is 394. The lowest BCUT2D eigenvalue weighted by Gasteiger charge is -2.28. The van der Waals surface area contributed by atoms with Crippen molar-refractivity contribution in [2.24, 2.45) is 11.8 Å². The van der Waals surface area contributed by atoms with Crippen molar-refractivity contribution in [2.75, 3.05) is 12.8 Å². The first-order valence-electron chi connectivity index (χ1n) is 6.90. The number of imide groups is 1. The number of likely N-dealkylation sites (tertiary alicyclic amines) is 1. The van der Waals surface area contributed by atoms with Crippen LogP contribution in [0.5, 0.6) is 0 Å². The fourth-order valence-corrected chi connectivity index (χ4v) is 3.39. The first-order chi connectivity index (χ1) is 9.02. The summed E-state index contributed by atoms with van der Waals surface area (Å²) < 4.78 is 7.12. The fourth-order valence-electron chi connectivity index (χ4n) is 2.75. The van der Waals surface area contributed by atoms with E-state index in [1.807, 2.05) is 6.26 Å². The van der Waals surface area contributed by atoms with Crippen molar-refractivity contribution in [3.8, 4) is 0 Å². The summed E-state index contributed by atoms with van der Waals surface area (Å²) in [4.78, 5) is 36.2. The third-order valence-corrected chi connectivity index (χ3v) is 4.88. The lowest BCUT2D eigenvalue weighted by Crippen LogP contribution is -2.37. The summed E-state index contributed by atoms with van der Waals surface area (Å²) in [7, 11) is 0. The summed E-state index contributed by atoms with van der Waals surface area (Å²) in [5.41, 5.74) is 0. The summed E-state index contributed by atoms with van der Waals surface area (Å²) in [5, 5.41) is -0.210. The van der Waals surface area contributed by atoms with Crippen LogP contribution in [0.4, 0.5) is 0 Å². The molecule has 0 spiro atoms. The van der Waals surface area contributed by atoms with Crippen LogP contribution in [-0.4, -0.2) is 41.0 Å². The minimum atomic E-state index is -0.478. The average Bonchev–Trinajstić information content (AvgIpc) is 2.67. The van der Waals surface area contributed by atoms with E-state index >= 15 is 0 Å². The molecule has 108 valence electrons. The second-order valence-corrected chi connectivity index (χ2v) is 6.15. The van der Waals surface area contributed by atoms with E-state index in [4.69, 9.17) is 1.37 Å². The van der Waals surface area contributed by atoms with Crippen LogP contribution in [0, 0.1) is 11.8 Å². The number of rotatable bonds is 4. The minimum Gasteiger partial charge on any atom is -0.303 e. The SMILES string of the molecule is C.[2H]C(=O)C1CCC(CN2C(=O)CC(SC)C2=O)CC1. The van der Waals surface area contributed by atoms with Crippen LogP contribution >= 0.6 is 11.8 Å². The lowest BCUT2D eigenvalue weighted by molar-refractivity contribution is -0.139. The normalized spacial score (nSPS) is 31.9. The maximum absolute atomic E-state index is 12.0. The van der Waals surface area contributed by atoms with Gasteiger partial charge in [-0.2, -0.15) is 11.8 Å². The Morgan fingerprint density at radius 2 is 2.00 bits per heavy atom. The number of nitrogens with zero attached hydrogens (tertiary/aromatic N) is 1. The van der Waals surface area contributed by atoms with Crippen LogP contribution in [-0.2, 0) is 14.4 Å². The Morgan fingerprint density at radius 3 is 2.47 bits per heavy atom.